The summed E-state index contributed by atoms with van der Waals surface area (Å²) in [5.74, 6) is -3.52. The topological polar surface area (TPSA) is 101 Å². The lowest BCUT2D eigenvalue weighted by Crippen LogP contribution is -2.06. The fourth-order valence-electron chi connectivity index (χ4n) is 1.47. The lowest BCUT2D eigenvalue weighted by molar-refractivity contribution is -0.132. The number of hydrogen-bond donors (Lipinski definition) is 2. The summed E-state index contributed by atoms with van der Waals surface area (Å²) in [4.78, 5) is 33.5. The van der Waals surface area contributed by atoms with Crippen LogP contribution in [0.1, 0.15) is 41.5 Å². The number of aromatic hydroxyl groups is 2. The van der Waals surface area contributed by atoms with E-state index >= 15 is 0 Å². The van der Waals surface area contributed by atoms with Gasteiger partial charge in [0.25, 0.3) is 0 Å². The standard InChI is InChI=1S/C12H12O6/c1-5(13)8-4-9(18-7(3)15)12(17)10(6(2)14)11(8)16/h4,16-17H,1-3H3. The van der Waals surface area contributed by atoms with E-state index in [9.17, 15) is 24.6 Å². The second-order valence-electron chi connectivity index (χ2n) is 3.70. The van der Waals surface area contributed by atoms with Crippen molar-refractivity contribution in [1.29, 1.82) is 0 Å². The van der Waals surface area contributed by atoms with Gasteiger partial charge in [-0.25, -0.2) is 0 Å². The summed E-state index contributed by atoms with van der Waals surface area (Å²) in [6, 6.07) is 1.01. The molecule has 0 fully saturated rings. The van der Waals surface area contributed by atoms with E-state index in [0.29, 0.717) is 0 Å². The van der Waals surface area contributed by atoms with E-state index < -0.39 is 34.6 Å². The number of ether oxygens (including phenoxy) is 1. The number of carbonyl (C=O) groups is 3. The van der Waals surface area contributed by atoms with Crippen LogP contribution in [0.2, 0.25) is 0 Å². The molecule has 96 valence electrons. The first kappa shape index (κ1) is 13.7. The molecule has 0 radical (unpaired) electrons. The quantitative estimate of drug-likeness (QED) is 0.479. The highest BCUT2D eigenvalue weighted by atomic mass is 16.5. The van der Waals surface area contributed by atoms with Gasteiger partial charge in [-0.05, 0) is 19.9 Å². The Morgan fingerprint density at radius 1 is 1.00 bits per heavy atom. The molecule has 1 aromatic carbocycles. The molecule has 0 saturated carbocycles. The van der Waals surface area contributed by atoms with Gasteiger partial charge >= 0.3 is 5.97 Å². The Bertz CT molecular complexity index is 544. The van der Waals surface area contributed by atoms with Crippen molar-refractivity contribution < 1.29 is 29.3 Å². The molecule has 2 N–H and O–H groups in total. The van der Waals surface area contributed by atoms with Crippen LogP contribution >= 0.6 is 0 Å². The first-order valence-electron chi connectivity index (χ1n) is 5.05. The van der Waals surface area contributed by atoms with Crippen LogP contribution in [0.4, 0.5) is 0 Å². The molecule has 0 aromatic heterocycles. The Kier molecular flexibility index (Phi) is 3.70. The largest absolute Gasteiger partial charge is 0.506 e. The number of rotatable bonds is 3. The molecule has 0 saturated heterocycles. The van der Waals surface area contributed by atoms with Crippen LogP contribution in [0.3, 0.4) is 0 Å². The maximum Gasteiger partial charge on any atom is 0.308 e. The van der Waals surface area contributed by atoms with Crippen molar-refractivity contribution in [3.8, 4) is 17.2 Å². The molecule has 0 aliphatic carbocycles. The van der Waals surface area contributed by atoms with Crippen LogP contribution in [0, 0.1) is 0 Å². The predicted molar refractivity (Wildman–Crippen MR) is 61.1 cm³/mol. The van der Waals surface area contributed by atoms with E-state index in [1.165, 1.54) is 6.92 Å². The van der Waals surface area contributed by atoms with Crippen LogP contribution in [0.5, 0.6) is 17.2 Å². The third-order valence-corrected chi connectivity index (χ3v) is 2.22. The van der Waals surface area contributed by atoms with Crippen molar-refractivity contribution >= 4 is 17.5 Å². The Morgan fingerprint density at radius 2 is 1.56 bits per heavy atom. The second-order valence-corrected chi connectivity index (χ2v) is 3.70. The van der Waals surface area contributed by atoms with Crippen LogP contribution in [-0.2, 0) is 4.79 Å². The monoisotopic (exact) mass is 252 g/mol. The third-order valence-electron chi connectivity index (χ3n) is 2.22. The minimum atomic E-state index is -0.722. The highest BCUT2D eigenvalue weighted by Crippen LogP contribution is 2.39. The predicted octanol–water partition coefficient (Wildman–Crippen LogP) is 1.43. The van der Waals surface area contributed by atoms with Gasteiger partial charge in [0.1, 0.15) is 11.3 Å². The molecule has 0 unspecified atom stereocenters. The lowest BCUT2D eigenvalue weighted by Gasteiger charge is -2.12. The fourth-order valence-corrected chi connectivity index (χ4v) is 1.47. The van der Waals surface area contributed by atoms with E-state index in [2.05, 4.69) is 4.74 Å². The summed E-state index contributed by atoms with van der Waals surface area (Å²) >= 11 is 0. The zero-order valence-electron chi connectivity index (χ0n) is 10.1. The van der Waals surface area contributed by atoms with Crippen molar-refractivity contribution in [3.05, 3.63) is 17.2 Å². The van der Waals surface area contributed by atoms with Crippen molar-refractivity contribution in [1.82, 2.24) is 0 Å². The summed E-state index contributed by atoms with van der Waals surface area (Å²) in [6.07, 6.45) is 0. The summed E-state index contributed by atoms with van der Waals surface area (Å²) in [6.45, 7) is 3.39. The SMILES string of the molecule is CC(=O)Oc1cc(C(C)=O)c(O)c(C(C)=O)c1O. The van der Waals surface area contributed by atoms with Gasteiger partial charge < -0.3 is 14.9 Å². The maximum absolute atomic E-state index is 11.3. The molecular formula is C12H12O6. The van der Waals surface area contributed by atoms with E-state index in [1.807, 2.05) is 0 Å². The zero-order valence-corrected chi connectivity index (χ0v) is 10.1. The van der Waals surface area contributed by atoms with Crippen molar-refractivity contribution in [2.75, 3.05) is 0 Å². The van der Waals surface area contributed by atoms with Crippen molar-refractivity contribution in [3.63, 3.8) is 0 Å². The third kappa shape index (κ3) is 2.48. The minimum absolute atomic E-state index is 0.200. The van der Waals surface area contributed by atoms with Gasteiger partial charge in [0, 0.05) is 6.92 Å². The Hall–Kier alpha value is -2.37. The molecule has 0 aliphatic rings. The average Bonchev–Trinajstić information content (AvgIpc) is 2.20. The molecule has 18 heavy (non-hydrogen) atoms. The molecular weight excluding hydrogens is 240 g/mol. The number of esters is 1. The smallest absolute Gasteiger partial charge is 0.308 e. The van der Waals surface area contributed by atoms with E-state index in [-0.39, 0.29) is 11.3 Å². The fraction of sp³-hybridized carbons (Fsp3) is 0.250. The Morgan fingerprint density at radius 3 is 1.94 bits per heavy atom. The Labute approximate surface area is 103 Å². The number of carbonyl (C=O) groups excluding carboxylic acids is 3. The van der Waals surface area contributed by atoms with E-state index in [4.69, 9.17) is 0 Å². The molecule has 1 aromatic rings. The number of benzene rings is 1. The molecule has 6 heteroatoms. The molecule has 6 nitrogen and oxygen atoms in total. The van der Waals surface area contributed by atoms with Gasteiger partial charge in [0.15, 0.2) is 23.1 Å². The highest BCUT2D eigenvalue weighted by Gasteiger charge is 2.23. The van der Waals surface area contributed by atoms with Gasteiger partial charge in [0.2, 0.25) is 0 Å². The summed E-state index contributed by atoms with van der Waals surface area (Å²) in [5, 5.41) is 19.5. The maximum atomic E-state index is 11.3. The zero-order chi connectivity index (χ0) is 14.0. The highest BCUT2D eigenvalue weighted by molar-refractivity contribution is 6.06. The van der Waals surface area contributed by atoms with Crippen LogP contribution < -0.4 is 4.74 Å². The lowest BCUT2D eigenvalue weighted by atomic mass is 10.0. The number of ketones is 2. The van der Waals surface area contributed by atoms with Gasteiger partial charge in [-0.3, -0.25) is 14.4 Å². The summed E-state index contributed by atoms with van der Waals surface area (Å²) in [5.41, 5.74) is -0.645. The van der Waals surface area contributed by atoms with Crippen LogP contribution in [0.15, 0.2) is 6.07 Å². The minimum Gasteiger partial charge on any atom is -0.506 e. The second kappa shape index (κ2) is 4.87. The molecule has 0 bridgehead atoms. The van der Waals surface area contributed by atoms with Gasteiger partial charge in [-0.2, -0.15) is 0 Å². The van der Waals surface area contributed by atoms with E-state index in [0.717, 1.165) is 19.9 Å². The van der Waals surface area contributed by atoms with Gasteiger partial charge in [0.05, 0.1) is 5.56 Å². The molecule has 1 rings (SSSR count). The molecule has 0 heterocycles. The van der Waals surface area contributed by atoms with Crippen molar-refractivity contribution in [2.24, 2.45) is 0 Å². The molecule has 0 aliphatic heterocycles. The number of Topliss-reactive ketones (excluding diaryl/α,β-unsaturated/α-hetero) is 2. The van der Waals surface area contributed by atoms with E-state index in [1.54, 1.807) is 0 Å². The summed E-state index contributed by atoms with van der Waals surface area (Å²) < 4.78 is 4.68. The van der Waals surface area contributed by atoms with Crippen LogP contribution in [0.25, 0.3) is 0 Å². The normalized spacial score (nSPS) is 9.94. The molecule has 0 amide bonds. The number of phenols is 2. The van der Waals surface area contributed by atoms with Gasteiger partial charge in [-0.15, -0.1) is 0 Å². The molecule has 0 atom stereocenters. The first-order valence-corrected chi connectivity index (χ1v) is 5.05. The average molecular weight is 252 g/mol. The van der Waals surface area contributed by atoms with Crippen molar-refractivity contribution in [2.45, 2.75) is 20.8 Å². The van der Waals surface area contributed by atoms with Crippen LogP contribution in [-0.4, -0.2) is 27.7 Å². The first-order chi connectivity index (χ1) is 8.25. The van der Waals surface area contributed by atoms with Gasteiger partial charge in [-0.1, -0.05) is 0 Å². The Balaban J connectivity index is 3.60. The molecule has 0 spiro atoms. The number of phenolic OH excluding ortho intramolecular Hbond substituents is 2. The number of hydrogen-bond acceptors (Lipinski definition) is 6. The summed E-state index contributed by atoms with van der Waals surface area (Å²) in [7, 11) is 0.